The minimum absolute atomic E-state index is 0.0597. The highest BCUT2D eigenvalue weighted by Crippen LogP contribution is 2.36. The molecule has 0 aromatic carbocycles. The van der Waals surface area contributed by atoms with Gasteiger partial charge in [0.25, 0.3) is 5.56 Å². The van der Waals surface area contributed by atoms with Crippen LogP contribution in [-0.4, -0.2) is 21.7 Å². The Morgan fingerprint density at radius 1 is 1.33 bits per heavy atom. The van der Waals surface area contributed by atoms with Gasteiger partial charge in [-0.2, -0.15) is 4.98 Å². The Morgan fingerprint density at radius 3 is 2.52 bits per heavy atom. The third kappa shape index (κ3) is 3.64. The van der Waals surface area contributed by atoms with E-state index in [-0.39, 0.29) is 23.5 Å². The van der Waals surface area contributed by atoms with Crippen molar-refractivity contribution in [2.45, 2.75) is 64.9 Å². The van der Waals surface area contributed by atoms with Crippen LogP contribution in [0.1, 0.15) is 76.3 Å². The van der Waals surface area contributed by atoms with Gasteiger partial charge >= 0.3 is 0 Å². The number of H-pyrrole nitrogens is 1. The van der Waals surface area contributed by atoms with Gasteiger partial charge in [0.1, 0.15) is 11.9 Å². The lowest BCUT2D eigenvalue weighted by Crippen LogP contribution is -2.25. The molecule has 118 valence electrons. The van der Waals surface area contributed by atoms with E-state index in [4.69, 9.17) is 4.74 Å². The minimum atomic E-state index is -0.256. The van der Waals surface area contributed by atoms with E-state index in [2.05, 4.69) is 9.97 Å². The van der Waals surface area contributed by atoms with Crippen molar-refractivity contribution in [2.75, 3.05) is 6.61 Å². The van der Waals surface area contributed by atoms with Gasteiger partial charge < -0.3 is 14.8 Å². The second-order valence-corrected chi connectivity index (χ2v) is 6.12. The van der Waals surface area contributed by atoms with Gasteiger partial charge in [-0.25, -0.2) is 0 Å². The van der Waals surface area contributed by atoms with Crippen LogP contribution >= 0.6 is 0 Å². The Balaban J connectivity index is 2.34. The average molecular weight is 294 g/mol. The Hall–Kier alpha value is -1.36. The van der Waals surface area contributed by atoms with Crippen LogP contribution in [0.5, 0.6) is 5.88 Å². The van der Waals surface area contributed by atoms with E-state index in [1.54, 1.807) is 0 Å². The summed E-state index contributed by atoms with van der Waals surface area (Å²) in [7, 11) is 0. The number of rotatable bonds is 5. The summed E-state index contributed by atoms with van der Waals surface area (Å²) in [6, 6.07) is 0. The summed E-state index contributed by atoms with van der Waals surface area (Å²) in [6.45, 7) is 6.24. The van der Waals surface area contributed by atoms with Crippen LogP contribution in [0.4, 0.5) is 0 Å². The molecule has 1 aliphatic carbocycles. The Kier molecular flexibility index (Phi) is 5.39. The monoisotopic (exact) mass is 294 g/mol. The number of aromatic nitrogens is 2. The first-order valence-electron chi connectivity index (χ1n) is 7.99. The van der Waals surface area contributed by atoms with Crippen LogP contribution in [0.25, 0.3) is 0 Å². The quantitative estimate of drug-likeness (QED) is 0.874. The van der Waals surface area contributed by atoms with Crippen molar-refractivity contribution >= 4 is 0 Å². The highest BCUT2D eigenvalue weighted by atomic mass is 16.5. The fourth-order valence-electron chi connectivity index (χ4n) is 3.20. The Bertz CT molecular complexity index is 519. The smallest absolute Gasteiger partial charge is 0.258 e. The van der Waals surface area contributed by atoms with E-state index in [1.807, 2.05) is 20.8 Å². The molecule has 1 atom stereocenters. The second kappa shape index (κ2) is 7.07. The highest BCUT2D eigenvalue weighted by molar-refractivity contribution is 5.26. The molecule has 1 saturated carbocycles. The highest BCUT2D eigenvalue weighted by Gasteiger charge is 2.28. The van der Waals surface area contributed by atoms with E-state index >= 15 is 0 Å². The molecule has 1 fully saturated rings. The molecule has 0 aliphatic heterocycles. The van der Waals surface area contributed by atoms with E-state index in [0.717, 1.165) is 12.8 Å². The number of nitrogens with zero attached hydrogens (tertiary/aromatic N) is 1. The minimum Gasteiger partial charge on any atom is -0.493 e. The number of aromatic hydroxyl groups is 1. The van der Waals surface area contributed by atoms with Gasteiger partial charge in [0, 0.05) is 6.61 Å². The van der Waals surface area contributed by atoms with E-state index in [0.29, 0.717) is 23.9 Å². The van der Waals surface area contributed by atoms with Gasteiger partial charge in [-0.3, -0.25) is 4.79 Å². The maximum Gasteiger partial charge on any atom is 0.258 e. The topological polar surface area (TPSA) is 75.2 Å². The van der Waals surface area contributed by atoms with Crippen molar-refractivity contribution in [3.05, 3.63) is 21.7 Å². The van der Waals surface area contributed by atoms with Crippen LogP contribution < -0.4 is 5.56 Å². The molecule has 5 nitrogen and oxygen atoms in total. The molecule has 2 N–H and O–H groups in total. The molecule has 5 heteroatoms. The summed E-state index contributed by atoms with van der Waals surface area (Å²) >= 11 is 0. The van der Waals surface area contributed by atoms with E-state index in [9.17, 15) is 9.90 Å². The summed E-state index contributed by atoms with van der Waals surface area (Å²) in [5.41, 5.74) is 0.0886. The molecule has 0 amide bonds. The van der Waals surface area contributed by atoms with Crippen molar-refractivity contribution in [3.8, 4) is 5.88 Å². The van der Waals surface area contributed by atoms with Gasteiger partial charge in [-0.15, -0.1) is 0 Å². The first-order valence-corrected chi connectivity index (χ1v) is 7.99. The van der Waals surface area contributed by atoms with Crippen LogP contribution in [0.15, 0.2) is 4.79 Å². The van der Waals surface area contributed by atoms with Crippen LogP contribution in [0, 0.1) is 5.92 Å². The molecule has 1 heterocycles. The van der Waals surface area contributed by atoms with E-state index < -0.39 is 0 Å². The maximum absolute atomic E-state index is 12.2. The number of hydrogen-bond donors (Lipinski definition) is 2. The zero-order chi connectivity index (χ0) is 15.4. The summed E-state index contributed by atoms with van der Waals surface area (Å²) in [6.07, 6.45) is 5.58. The molecule has 0 bridgehead atoms. The number of hydrogen-bond acceptors (Lipinski definition) is 4. The summed E-state index contributed by atoms with van der Waals surface area (Å²) in [5, 5.41) is 10.1. The fourth-order valence-corrected chi connectivity index (χ4v) is 3.20. The molecule has 1 aliphatic rings. The first kappa shape index (κ1) is 16.0. The average Bonchev–Trinajstić information content (AvgIpc) is 2.44. The third-order valence-corrected chi connectivity index (χ3v) is 4.22. The Morgan fingerprint density at radius 2 is 2.00 bits per heavy atom. The zero-order valence-electron chi connectivity index (χ0n) is 13.2. The van der Waals surface area contributed by atoms with Crippen molar-refractivity contribution in [2.24, 2.45) is 5.92 Å². The molecule has 0 saturated heterocycles. The summed E-state index contributed by atoms with van der Waals surface area (Å²) < 4.78 is 5.83. The number of nitrogens with one attached hydrogen (secondary N) is 1. The summed E-state index contributed by atoms with van der Waals surface area (Å²) in [4.78, 5) is 19.2. The SMILES string of the molecule is CCOC(c1nc(O)c(C(C)C)c(=O)[nH]1)C1CCCCC1. The second-order valence-electron chi connectivity index (χ2n) is 6.12. The molecule has 0 radical (unpaired) electrons. The van der Waals surface area contributed by atoms with Crippen molar-refractivity contribution < 1.29 is 9.84 Å². The van der Waals surface area contributed by atoms with Crippen molar-refractivity contribution in [3.63, 3.8) is 0 Å². The van der Waals surface area contributed by atoms with Crippen molar-refractivity contribution in [1.82, 2.24) is 9.97 Å². The number of ether oxygens (including phenoxy) is 1. The van der Waals surface area contributed by atoms with E-state index in [1.165, 1.54) is 19.3 Å². The third-order valence-electron chi connectivity index (χ3n) is 4.22. The fraction of sp³-hybridized carbons (Fsp3) is 0.750. The van der Waals surface area contributed by atoms with Crippen LogP contribution in [0.3, 0.4) is 0 Å². The molecule has 2 rings (SSSR count). The molecule has 0 spiro atoms. The lowest BCUT2D eigenvalue weighted by molar-refractivity contribution is -0.000737. The normalized spacial score (nSPS) is 18.1. The predicted molar refractivity (Wildman–Crippen MR) is 81.6 cm³/mol. The van der Waals surface area contributed by atoms with Crippen LogP contribution in [-0.2, 0) is 4.74 Å². The standard InChI is InChI=1S/C16H26N2O3/c1-4-21-13(11-8-6-5-7-9-11)14-17-15(19)12(10(2)3)16(20)18-14/h10-11,13H,4-9H2,1-3H3,(H2,17,18,19,20). The van der Waals surface area contributed by atoms with Gasteiger partial charge in [-0.1, -0.05) is 33.1 Å². The molecule has 1 aromatic heterocycles. The lowest BCUT2D eigenvalue weighted by atomic mass is 9.85. The lowest BCUT2D eigenvalue weighted by Gasteiger charge is -2.29. The Labute approximate surface area is 125 Å². The molecular formula is C16H26N2O3. The van der Waals surface area contributed by atoms with Crippen molar-refractivity contribution in [1.29, 1.82) is 0 Å². The van der Waals surface area contributed by atoms with Gasteiger partial charge in [-0.05, 0) is 31.6 Å². The maximum atomic E-state index is 12.2. The molecule has 21 heavy (non-hydrogen) atoms. The predicted octanol–water partition coefficient (Wildman–Crippen LogP) is 3.26. The first-order chi connectivity index (χ1) is 10.0. The van der Waals surface area contributed by atoms with Crippen LogP contribution in [0.2, 0.25) is 0 Å². The molecule has 1 unspecified atom stereocenters. The van der Waals surface area contributed by atoms with Gasteiger partial charge in [0.15, 0.2) is 0 Å². The van der Waals surface area contributed by atoms with Gasteiger partial charge in [0.2, 0.25) is 5.88 Å². The molecular weight excluding hydrogens is 268 g/mol. The largest absolute Gasteiger partial charge is 0.493 e. The molecule has 1 aromatic rings. The number of aromatic amines is 1. The van der Waals surface area contributed by atoms with Gasteiger partial charge in [0.05, 0.1) is 5.56 Å². The summed E-state index contributed by atoms with van der Waals surface area (Å²) in [5.74, 6) is 0.613. The zero-order valence-corrected chi connectivity index (χ0v) is 13.2.